The third kappa shape index (κ3) is 4.57. The van der Waals surface area contributed by atoms with Crippen LogP contribution in [0.1, 0.15) is 36.1 Å². The Morgan fingerprint density at radius 3 is 2.81 bits per heavy atom. The Bertz CT molecular complexity index is 569. The molecule has 0 aliphatic carbocycles. The third-order valence-electron chi connectivity index (χ3n) is 3.54. The van der Waals surface area contributed by atoms with Gasteiger partial charge in [0.1, 0.15) is 5.75 Å². The summed E-state index contributed by atoms with van der Waals surface area (Å²) in [4.78, 5) is 4.28. The van der Waals surface area contributed by atoms with E-state index in [1.165, 1.54) is 16.7 Å². The van der Waals surface area contributed by atoms with Gasteiger partial charge < -0.3 is 10.1 Å². The Balaban J connectivity index is 2.20. The molecule has 0 radical (unpaired) electrons. The van der Waals surface area contributed by atoms with E-state index in [9.17, 15) is 0 Å². The van der Waals surface area contributed by atoms with Crippen LogP contribution in [0.25, 0.3) is 0 Å². The average Bonchev–Trinajstić information content (AvgIpc) is 2.51. The normalized spacial score (nSPS) is 12.1. The first-order valence-electron chi connectivity index (χ1n) is 7.50. The van der Waals surface area contributed by atoms with Crippen molar-refractivity contribution in [2.45, 2.75) is 32.7 Å². The van der Waals surface area contributed by atoms with Gasteiger partial charge in [0.25, 0.3) is 0 Å². The van der Waals surface area contributed by atoms with Crippen molar-refractivity contribution in [3.05, 3.63) is 59.4 Å². The van der Waals surface area contributed by atoms with E-state index < -0.39 is 0 Å². The molecule has 21 heavy (non-hydrogen) atoms. The molecular weight excluding hydrogens is 260 g/mol. The number of benzene rings is 1. The summed E-state index contributed by atoms with van der Waals surface area (Å²) in [5.41, 5.74) is 3.81. The van der Waals surface area contributed by atoms with Crippen LogP contribution in [0.2, 0.25) is 0 Å². The van der Waals surface area contributed by atoms with Crippen LogP contribution in [0.4, 0.5) is 0 Å². The van der Waals surface area contributed by atoms with Crippen LogP contribution in [0, 0.1) is 6.92 Å². The molecule has 1 N–H and O–H groups in total. The van der Waals surface area contributed by atoms with Crippen LogP contribution >= 0.6 is 0 Å². The lowest BCUT2D eigenvalue weighted by atomic mass is 9.99. The van der Waals surface area contributed by atoms with E-state index in [1.54, 1.807) is 13.3 Å². The number of hydrogen-bond donors (Lipinski definition) is 1. The second kappa shape index (κ2) is 7.79. The maximum absolute atomic E-state index is 5.29. The van der Waals surface area contributed by atoms with Crippen LogP contribution in [0.15, 0.2) is 42.7 Å². The summed E-state index contributed by atoms with van der Waals surface area (Å²) in [5.74, 6) is 0.806. The molecule has 1 atom stereocenters. The first kappa shape index (κ1) is 15.5. The highest BCUT2D eigenvalue weighted by Crippen LogP contribution is 2.22. The molecule has 0 bridgehead atoms. The van der Waals surface area contributed by atoms with E-state index in [4.69, 9.17) is 4.74 Å². The molecule has 0 fully saturated rings. The van der Waals surface area contributed by atoms with Crippen molar-refractivity contribution >= 4 is 0 Å². The fourth-order valence-corrected chi connectivity index (χ4v) is 2.44. The van der Waals surface area contributed by atoms with Crippen LogP contribution in [0.5, 0.6) is 5.75 Å². The molecule has 1 heterocycles. The highest BCUT2D eigenvalue weighted by atomic mass is 16.5. The van der Waals surface area contributed by atoms with Gasteiger partial charge in [-0.3, -0.25) is 4.98 Å². The minimum Gasteiger partial charge on any atom is -0.495 e. The highest BCUT2D eigenvalue weighted by Gasteiger charge is 2.13. The number of ether oxygens (including phenoxy) is 1. The molecule has 1 aromatic carbocycles. The van der Waals surface area contributed by atoms with Gasteiger partial charge in [-0.1, -0.05) is 36.8 Å². The number of aromatic nitrogens is 1. The zero-order valence-corrected chi connectivity index (χ0v) is 13.1. The molecule has 0 saturated heterocycles. The second-order valence-electron chi connectivity index (χ2n) is 5.36. The minimum absolute atomic E-state index is 0.259. The van der Waals surface area contributed by atoms with E-state index in [2.05, 4.69) is 54.5 Å². The average molecular weight is 284 g/mol. The Kier molecular flexibility index (Phi) is 5.76. The van der Waals surface area contributed by atoms with Gasteiger partial charge in [-0.05, 0) is 43.5 Å². The molecule has 0 saturated carbocycles. The number of nitrogens with zero attached hydrogens (tertiary/aromatic N) is 1. The molecule has 2 aromatic rings. The van der Waals surface area contributed by atoms with Crippen LogP contribution in [-0.4, -0.2) is 18.6 Å². The molecule has 2 rings (SSSR count). The maximum atomic E-state index is 5.29. The van der Waals surface area contributed by atoms with E-state index in [1.807, 2.05) is 6.20 Å². The monoisotopic (exact) mass is 284 g/mol. The van der Waals surface area contributed by atoms with Crippen molar-refractivity contribution in [3.63, 3.8) is 0 Å². The Morgan fingerprint density at radius 2 is 2.10 bits per heavy atom. The molecule has 112 valence electrons. The first-order chi connectivity index (χ1) is 10.2. The molecule has 1 aromatic heterocycles. The summed E-state index contributed by atoms with van der Waals surface area (Å²) >= 11 is 0. The fourth-order valence-electron chi connectivity index (χ4n) is 2.44. The molecule has 0 aliphatic rings. The first-order valence-corrected chi connectivity index (χ1v) is 7.50. The van der Waals surface area contributed by atoms with Gasteiger partial charge in [0.05, 0.1) is 13.3 Å². The standard InChI is InChI=1S/C18H24N2O/c1-4-8-20-18(10-15-7-5-6-14(2)9-15)16-11-17(21-3)13-19-12-16/h5-7,9,11-13,18,20H,4,8,10H2,1-3H3. The highest BCUT2D eigenvalue weighted by molar-refractivity contribution is 5.29. The summed E-state index contributed by atoms with van der Waals surface area (Å²) in [6, 6.07) is 11.0. The smallest absolute Gasteiger partial charge is 0.137 e. The molecular formula is C18H24N2O. The zero-order valence-electron chi connectivity index (χ0n) is 13.1. The van der Waals surface area contributed by atoms with Gasteiger partial charge in [0.15, 0.2) is 0 Å². The predicted molar refractivity (Wildman–Crippen MR) is 86.7 cm³/mol. The molecule has 0 aliphatic heterocycles. The molecule has 3 heteroatoms. The third-order valence-corrected chi connectivity index (χ3v) is 3.54. The quantitative estimate of drug-likeness (QED) is 0.842. The lowest BCUT2D eigenvalue weighted by molar-refractivity contribution is 0.410. The number of rotatable bonds is 7. The topological polar surface area (TPSA) is 34.2 Å². The number of hydrogen-bond acceptors (Lipinski definition) is 3. The summed E-state index contributed by atoms with van der Waals surface area (Å²) in [6.07, 6.45) is 5.73. The van der Waals surface area contributed by atoms with Gasteiger partial charge in [-0.25, -0.2) is 0 Å². The van der Waals surface area contributed by atoms with Gasteiger partial charge in [-0.2, -0.15) is 0 Å². The largest absolute Gasteiger partial charge is 0.495 e. The van der Waals surface area contributed by atoms with Crippen molar-refractivity contribution < 1.29 is 4.74 Å². The lowest BCUT2D eigenvalue weighted by Gasteiger charge is -2.19. The number of aryl methyl sites for hydroxylation is 1. The molecule has 3 nitrogen and oxygen atoms in total. The SMILES string of the molecule is CCCNC(Cc1cccc(C)c1)c1cncc(OC)c1. The lowest BCUT2D eigenvalue weighted by Crippen LogP contribution is -2.24. The second-order valence-corrected chi connectivity index (χ2v) is 5.36. The van der Waals surface area contributed by atoms with E-state index >= 15 is 0 Å². The van der Waals surface area contributed by atoms with Crippen molar-refractivity contribution in [1.29, 1.82) is 0 Å². The van der Waals surface area contributed by atoms with Crippen molar-refractivity contribution in [2.24, 2.45) is 0 Å². The Hall–Kier alpha value is -1.87. The minimum atomic E-state index is 0.259. The number of pyridine rings is 1. The summed E-state index contributed by atoms with van der Waals surface area (Å²) in [7, 11) is 1.68. The summed E-state index contributed by atoms with van der Waals surface area (Å²) in [5, 5.41) is 3.61. The number of methoxy groups -OCH3 is 1. The predicted octanol–water partition coefficient (Wildman–Crippen LogP) is 3.68. The molecule has 0 spiro atoms. The summed E-state index contributed by atoms with van der Waals surface area (Å²) in [6.45, 7) is 5.30. The van der Waals surface area contributed by atoms with E-state index in [0.29, 0.717) is 0 Å². The van der Waals surface area contributed by atoms with Crippen LogP contribution in [0.3, 0.4) is 0 Å². The van der Waals surface area contributed by atoms with Crippen LogP contribution in [-0.2, 0) is 6.42 Å². The maximum Gasteiger partial charge on any atom is 0.137 e. The van der Waals surface area contributed by atoms with Gasteiger partial charge in [0, 0.05) is 12.2 Å². The fraction of sp³-hybridized carbons (Fsp3) is 0.389. The Morgan fingerprint density at radius 1 is 1.24 bits per heavy atom. The van der Waals surface area contributed by atoms with Gasteiger partial charge >= 0.3 is 0 Å². The van der Waals surface area contributed by atoms with Gasteiger partial charge in [0.2, 0.25) is 0 Å². The zero-order chi connectivity index (χ0) is 15.1. The van der Waals surface area contributed by atoms with Crippen molar-refractivity contribution in [3.8, 4) is 5.75 Å². The van der Waals surface area contributed by atoms with E-state index in [-0.39, 0.29) is 6.04 Å². The van der Waals surface area contributed by atoms with E-state index in [0.717, 1.165) is 25.1 Å². The Labute approximate surface area is 127 Å². The van der Waals surface area contributed by atoms with Crippen molar-refractivity contribution in [2.75, 3.05) is 13.7 Å². The van der Waals surface area contributed by atoms with Crippen molar-refractivity contribution in [1.82, 2.24) is 10.3 Å². The van der Waals surface area contributed by atoms with Gasteiger partial charge in [-0.15, -0.1) is 0 Å². The molecule has 1 unspecified atom stereocenters. The van der Waals surface area contributed by atoms with Crippen LogP contribution < -0.4 is 10.1 Å². The summed E-state index contributed by atoms with van der Waals surface area (Å²) < 4.78 is 5.29. The number of nitrogens with one attached hydrogen (secondary N) is 1. The molecule has 0 amide bonds.